The van der Waals surface area contributed by atoms with Gasteiger partial charge in [0.25, 0.3) is 0 Å². The molecule has 0 aromatic carbocycles. The molecule has 0 aromatic heterocycles. The van der Waals surface area contributed by atoms with Gasteiger partial charge in [0.15, 0.2) is 0 Å². The van der Waals surface area contributed by atoms with Crippen molar-refractivity contribution >= 4 is 0 Å². The van der Waals surface area contributed by atoms with E-state index in [1.54, 1.807) is 25.7 Å². The Labute approximate surface area is 133 Å². The van der Waals surface area contributed by atoms with Crippen LogP contribution in [0, 0.1) is 81.8 Å². The third-order valence-corrected chi connectivity index (χ3v) is 12.0. The normalized spacial score (nSPS) is 79.9. The van der Waals surface area contributed by atoms with E-state index in [2.05, 4.69) is 25.0 Å². The van der Waals surface area contributed by atoms with Gasteiger partial charge in [-0.25, -0.2) is 0 Å². The van der Waals surface area contributed by atoms with E-state index < -0.39 is 0 Å². The van der Waals surface area contributed by atoms with Crippen LogP contribution in [0.15, 0.2) is 11.1 Å². The van der Waals surface area contributed by atoms with Crippen LogP contribution < -0.4 is 0 Å². The highest BCUT2D eigenvalue weighted by Crippen LogP contribution is 2.97. The molecular formula is C22H26. The lowest BCUT2D eigenvalue weighted by Gasteiger charge is -2.78. The number of rotatable bonds is 0. The van der Waals surface area contributed by atoms with E-state index in [0.29, 0.717) is 5.41 Å². The monoisotopic (exact) mass is 290 g/mol. The second-order valence-corrected chi connectivity index (χ2v) is 11.7. The highest BCUT2D eigenvalue weighted by molar-refractivity contribution is 5.56. The van der Waals surface area contributed by atoms with Crippen molar-refractivity contribution in [2.24, 2.45) is 81.8 Å². The van der Waals surface area contributed by atoms with Crippen molar-refractivity contribution in [3.8, 4) is 0 Å². The van der Waals surface area contributed by atoms with Crippen LogP contribution in [0.2, 0.25) is 0 Å². The highest BCUT2D eigenvalue weighted by Gasteiger charge is 2.92. The Hall–Kier alpha value is -0.260. The molecule has 0 aromatic rings. The van der Waals surface area contributed by atoms with Gasteiger partial charge in [-0.05, 0) is 108 Å². The summed E-state index contributed by atoms with van der Waals surface area (Å²) in [4.78, 5) is 0. The van der Waals surface area contributed by atoms with Crippen molar-refractivity contribution in [3.63, 3.8) is 0 Å². The van der Waals surface area contributed by atoms with Crippen LogP contribution in [0.5, 0.6) is 0 Å². The van der Waals surface area contributed by atoms with E-state index in [4.69, 9.17) is 0 Å². The summed E-state index contributed by atoms with van der Waals surface area (Å²) in [5.41, 5.74) is 5.72. The maximum Gasteiger partial charge on any atom is -0.00919 e. The van der Waals surface area contributed by atoms with Gasteiger partial charge in [-0.2, -0.15) is 0 Å². The summed E-state index contributed by atoms with van der Waals surface area (Å²) in [5.74, 6) is 14.4. The Balaban J connectivity index is 1.18. The second kappa shape index (κ2) is 2.42. The zero-order valence-electron chi connectivity index (χ0n) is 13.8. The molecule has 2 bridgehead atoms. The Bertz CT molecular complexity index is 741. The van der Waals surface area contributed by atoms with E-state index in [1.165, 1.54) is 47.3 Å². The first-order valence-corrected chi connectivity index (χ1v) is 10.4. The van der Waals surface area contributed by atoms with Crippen molar-refractivity contribution in [3.05, 3.63) is 11.1 Å². The maximum atomic E-state index is 2.61. The van der Waals surface area contributed by atoms with Gasteiger partial charge in [0, 0.05) is 0 Å². The minimum absolute atomic E-state index is 0.620. The van der Waals surface area contributed by atoms with Crippen molar-refractivity contribution in [2.75, 3.05) is 0 Å². The summed E-state index contributed by atoms with van der Waals surface area (Å²) in [6.45, 7) is 5.22. The van der Waals surface area contributed by atoms with Crippen LogP contribution in [-0.4, -0.2) is 0 Å². The largest absolute Gasteiger partial charge is 0.0627 e. The summed E-state index contributed by atoms with van der Waals surface area (Å²) in [6, 6.07) is 0. The van der Waals surface area contributed by atoms with E-state index in [1.807, 2.05) is 0 Å². The summed E-state index contributed by atoms with van der Waals surface area (Å²) >= 11 is 0. The maximum absolute atomic E-state index is 2.61. The Morgan fingerprint density at radius 1 is 0.864 bits per heavy atom. The quantitative estimate of drug-likeness (QED) is 0.581. The lowest BCUT2D eigenvalue weighted by atomic mass is 9.26. The van der Waals surface area contributed by atoms with E-state index >= 15 is 0 Å². The summed E-state index contributed by atoms with van der Waals surface area (Å²) in [7, 11) is 0. The SMILES string of the molecule is CC1(C)C2=C(C3CC31)C1C2C2C1C1C3CC4(C5CCC5C34)C12. The first kappa shape index (κ1) is 10.6. The third-order valence-electron chi connectivity index (χ3n) is 12.0. The molecule has 0 heterocycles. The minimum atomic E-state index is 0.620. The molecule has 22 heavy (non-hydrogen) atoms. The number of fused-ring (bicyclic) bond motifs is 13. The van der Waals surface area contributed by atoms with Crippen LogP contribution in [0.3, 0.4) is 0 Å². The molecule has 0 spiro atoms. The third kappa shape index (κ3) is 0.620. The molecule has 0 radical (unpaired) electrons. The molecule has 0 nitrogen and oxygen atoms in total. The average Bonchev–Trinajstić information content (AvgIpc) is 3.06. The number of allylic oxidation sites excluding steroid dienone is 2. The van der Waals surface area contributed by atoms with Crippen molar-refractivity contribution in [2.45, 2.75) is 39.5 Å². The van der Waals surface area contributed by atoms with Gasteiger partial charge >= 0.3 is 0 Å². The van der Waals surface area contributed by atoms with Gasteiger partial charge in [0.1, 0.15) is 0 Å². The van der Waals surface area contributed by atoms with Crippen LogP contribution in [-0.2, 0) is 0 Å². The fourth-order valence-electron chi connectivity index (χ4n) is 11.7. The molecule has 7 saturated carbocycles. The highest BCUT2D eigenvalue weighted by atomic mass is 15.0. The molecule has 7 fully saturated rings. The smallest absolute Gasteiger partial charge is 0.00919 e. The number of hydrogen-bond donors (Lipinski definition) is 0. The molecule has 13 atom stereocenters. The second-order valence-electron chi connectivity index (χ2n) is 11.7. The van der Waals surface area contributed by atoms with Gasteiger partial charge in [-0.15, -0.1) is 0 Å². The van der Waals surface area contributed by atoms with Gasteiger partial charge in [-0.3, -0.25) is 0 Å². The van der Waals surface area contributed by atoms with Gasteiger partial charge in [0.05, 0.1) is 0 Å². The molecule has 0 saturated heterocycles. The molecule has 9 aliphatic rings. The minimum Gasteiger partial charge on any atom is -0.0627 e. The first-order valence-electron chi connectivity index (χ1n) is 10.4. The van der Waals surface area contributed by atoms with Crippen molar-refractivity contribution < 1.29 is 0 Å². The summed E-state index contributed by atoms with van der Waals surface area (Å²) < 4.78 is 0. The fourth-order valence-corrected chi connectivity index (χ4v) is 11.7. The lowest BCUT2D eigenvalue weighted by Crippen LogP contribution is -2.73. The molecule has 114 valence electrons. The molecule has 0 heteroatoms. The molecule has 0 amide bonds. The predicted molar refractivity (Wildman–Crippen MR) is 83.6 cm³/mol. The van der Waals surface area contributed by atoms with E-state index in [0.717, 1.165) is 29.1 Å². The molecule has 13 unspecified atom stereocenters. The zero-order chi connectivity index (χ0) is 13.9. The van der Waals surface area contributed by atoms with Crippen LogP contribution in [0.1, 0.15) is 39.5 Å². The van der Waals surface area contributed by atoms with Crippen molar-refractivity contribution in [1.82, 2.24) is 0 Å². The summed E-state index contributed by atoms with van der Waals surface area (Å²) in [5, 5.41) is 0. The Morgan fingerprint density at radius 3 is 2.59 bits per heavy atom. The molecule has 9 rings (SSSR count). The van der Waals surface area contributed by atoms with E-state index in [-0.39, 0.29) is 0 Å². The van der Waals surface area contributed by atoms with Crippen molar-refractivity contribution in [1.29, 1.82) is 0 Å². The lowest BCUT2D eigenvalue weighted by molar-refractivity contribution is -0.284. The Morgan fingerprint density at radius 2 is 1.77 bits per heavy atom. The summed E-state index contributed by atoms with van der Waals surface area (Å²) in [6.07, 6.45) is 6.54. The first-order chi connectivity index (χ1) is 10.7. The van der Waals surface area contributed by atoms with Crippen LogP contribution >= 0.6 is 0 Å². The molecule has 0 aliphatic heterocycles. The fraction of sp³-hybridized carbons (Fsp3) is 0.909. The van der Waals surface area contributed by atoms with Crippen LogP contribution in [0.4, 0.5) is 0 Å². The van der Waals surface area contributed by atoms with Gasteiger partial charge < -0.3 is 0 Å². The molecule has 9 aliphatic carbocycles. The van der Waals surface area contributed by atoms with E-state index in [9.17, 15) is 0 Å². The topological polar surface area (TPSA) is 0 Å². The van der Waals surface area contributed by atoms with Crippen LogP contribution in [0.25, 0.3) is 0 Å². The Kier molecular flexibility index (Phi) is 1.16. The molecule has 0 N–H and O–H groups in total. The molecular weight excluding hydrogens is 264 g/mol. The predicted octanol–water partition coefficient (Wildman–Crippen LogP) is 4.37. The van der Waals surface area contributed by atoms with Gasteiger partial charge in [-0.1, -0.05) is 25.0 Å². The zero-order valence-corrected chi connectivity index (χ0v) is 13.8. The van der Waals surface area contributed by atoms with Gasteiger partial charge in [0.2, 0.25) is 0 Å². The number of hydrogen-bond acceptors (Lipinski definition) is 0. The average molecular weight is 290 g/mol. The standard InChI is InChI=1S/C22H26/c1-21(2)11-5-8(11)12-14-15-13-9-6-22(10-4-3-7(10)18(9)22)20(13)17(15)16(14)19(12)21/h7-11,13-18,20H,3-6H2,1-2H3.